The minimum absolute atomic E-state index is 0.0186. The Balaban J connectivity index is 1.71. The van der Waals surface area contributed by atoms with Crippen molar-refractivity contribution in [2.24, 2.45) is 0 Å². The van der Waals surface area contributed by atoms with E-state index in [0.29, 0.717) is 10.6 Å². The van der Waals surface area contributed by atoms with Crippen LogP contribution in [0.15, 0.2) is 48.8 Å². The third-order valence-electron chi connectivity index (χ3n) is 3.19. The van der Waals surface area contributed by atoms with Crippen LogP contribution >= 0.6 is 11.3 Å². The van der Waals surface area contributed by atoms with Crippen LogP contribution in [0.25, 0.3) is 5.65 Å². The Morgan fingerprint density at radius 2 is 2.15 bits per heavy atom. The van der Waals surface area contributed by atoms with Crippen molar-refractivity contribution in [3.8, 4) is 0 Å². The first-order valence-corrected chi connectivity index (χ1v) is 8.23. The molecule has 9 nitrogen and oxygen atoms in total. The van der Waals surface area contributed by atoms with Crippen LogP contribution in [0.4, 0.5) is 9.80 Å². The fourth-order valence-corrected chi connectivity index (χ4v) is 2.80. The number of carbonyl (C=O) groups excluding carboxylic acids is 3. The van der Waals surface area contributed by atoms with Crippen molar-refractivity contribution in [2.75, 3.05) is 11.9 Å². The Morgan fingerprint density at radius 3 is 2.96 bits per heavy atom. The number of alkyl carbamates (subject to hydrolysis) is 1. The fourth-order valence-electron chi connectivity index (χ4n) is 2.02. The summed E-state index contributed by atoms with van der Waals surface area (Å²) in [5.74, 6) is -1.14. The molecule has 2 N–H and O–H groups in total. The largest absolute Gasteiger partial charge is 0.445 e. The minimum Gasteiger partial charge on any atom is -0.445 e. The van der Waals surface area contributed by atoms with Gasteiger partial charge < -0.3 is 10.1 Å². The van der Waals surface area contributed by atoms with Crippen LogP contribution in [0.5, 0.6) is 0 Å². The maximum absolute atomic E-state index is 12.4. The predicted octanol–water partition coefficient (Wildman–Crippen LogP) is 2.10. The van der Waals surface area contributed by atoms with Crippen LogP contribution in [-0.4, -0.2) is 39.1 Å². The molecule has 0 spiro atoms. The molecule has 0 saturated carbocycles. The van der Waals surface area contributed by atoms with Crippen molar-refractivity contribution in [3.05, 3.63) is 59.9 Å². The molecule has 3 aromatic rings. The van der Waals surface area contributed by atoms with Crippen molar-refractivity contribution in [3.63, 3.8) is 0 Å². The lowest BCUT2D eigenvalue weighted by Gasteiger charge is -2.07. The smallest absolute Gasteiger partial charge is 0.414 e. The topological polar surface area (TPSA) is 115 Å². The molecular weight excluding hydrogens is 358 g/mol. The standard InChI is InChI=1S/C16H13N5O4S/c1-2-6-25-16(24)20-14(23)11-4-7-26-15(11)19-13(22)10-8-17-12-3-5-18-21(12)9-10/h2-5,7-9H,1,6H2,(H,19,22)(H,20,23,24). The normalized spacial score (nSPS) is 10.3. The van der Waals surface area contributed by atoms with E-state index in [2.05, 4.69) is 27.3 Å². The van der Waals surface area contributed by atoms with Gasteiger partial charge in [-0.05, 0) is 11.4 Å². The number of aromatic nitrogens is 3. The summed E-state index contributed by atoms with van der Waals surface area (Å²) in [6.07, 6.45) is 4.98. The van der Waals surface area contributed by atoms with Crippen molar-refractivity contribution >= 4 is 39.9 Å². The molecule has 3 rings (SSSR count). The Kier molecular flexibility index (Phi) is 5.04. The molecule has 0 radical (unpaired) electrons. The molecule has 0 atom stereocenters. The van der Waals surface area contributed by atoms with Crippen molar-refractivity contribution in [1.29, 1.82) is 0 Å². The molecule has 3 aromatic heterocycles. The third-order valence-corrected chi connectivity index (χ3v) is 4.02. The Morgan fingerprint density at radius 1 is 1.31 bits per heavy atom. The highest BCUT2D eigenvalue weighted by Crippen LogP contribution is 2.24. The zero-order valence-electron chi connectivity index (χ0n) is 13.3. The number of nitrogens with zero attached hydrogens (tertiary/aromatic N) is 3. The molecule has 26 heavy (non-hydrogen) atoms. The molecule has 0 fully saturated rings. The number of anilines is 1. The zero-order valence-corrected chi connectivity index (χ0v) is 14.2. The molecule has 3 amide bonds. The van der Waals surface area contributed by atoms with Gasteiger partial charge in [0.05, 0.1) is 17.3 Å². The number of rotatable bonds is 5. The van der Waals surface area contributed by atoms with Crippen LogP contribution in [-0.2, 0) is 4.74 Å². The second-order valence-electron chi connectivity index (χ2n) is 4.94. The SMILES string of the molecule is C=CCOC(=O)NC(=O)c1ccsc1NC(=O)c1cnc2ccnn2c1. The fraction of sp³-hybridized carbons (Fsp3) is 0.0625. The highest BCUT2D eigenvalue weighted by Gasteiger charge is 2.18. The van der Waals surface area contributed by atoms with Gasteiger partial charge in [-0.2, -0.15) is 5.10 Å². The van der Waals surface area contributed by atoms with Gasteiger partial charge in [-0.25, -0.2) is 14.3 Å². The van der Waals surface area contributed by atoms with Gasteiger partial charge in [0, 0.05) is 18.5 Å². The second-order valence-corrected chi connectivity index (χ2v) is 5.85. The van der Waals surface area contributed by atoms with Gasteiger partial charge in [0.2, 0.25) is 0 Å². The molecule has 0 aliphatic heterocycles. The van der Waals surface area contributed by atoms with E-state index in [-0.39, 0.29) is 17.7 Å². The van der Waals surface area contributed by atoms with E-state index in [1.54, 1.807) is 17.6 Å². The highest BCUT2D eigenvalue weighted by atomic mass is 32.1. The van der Waals surface area contributed by atoms with Gasteiger partial charge in [-0.15, -0.1) is 11.3 Å². The maximum Gasteiger partial charge on any atom is 0.414 e. The molecule has 0 aliphatic rings. The molecule has 0 aromatic carbocycles. The molecular formula is C16H13N5O4S. The number of hydrogen-bond acceptors (Lipinski definition) is 7. The van der Waals surface area contributed by atoms with E-state index in [1.807, 2.05) is 0 Å². The number of hydrogen-bond donors (Lipinski definition) is 2. The Hall–Kier alpha value is -3.53. The molecule has 132 valence electrons. The number of amides is 3. The first-order chi connectivity index (χ1) is 12.6. The lowest BCUT2D eigenvalue weighted by Crippen LogP contribution is -2.31. The maximum atomic E-state index is 12.4. The van der Waals surface area contributed by atoms with Gasteiger partial charge >= 0.3 is 6.09 Å². The van der Waals surface area contributed by atoms with Gasteiger partial charge in [0.25, 0.3) is 11.8 Å². The van der Waals surface area contributed by atoms with Gasteiger partial charge in [-0.3, -0.25) is 14.9 Å². The van der Waals surface area contributed by atoms with Crippen molar-refractivity contribution < 1.29 is 19.1 Å². The number of fused-ring (bicyclic) bond motifs is 1. The van der Waals surface area contributed by atoms with Crippen LogP contribution in [0, 0.1) is 0 Å². The Labute approximate surface area is 151 Å². The second kappa shape index (κ2) is 7.57. The third kappa shape index (κ3) is 3.75. The van der Waals surface area contributed by atoms with Crippen molar-refractivity contribution in [2.45, 2.75) is 0 Å². The highest BCUT2D eigenvalue weighted by molar-refractivity contribution is 7.14. The number of nitrogens with one attached hydrogen (secondary N) is 2. The minimum atomic E-state index is -0.897. The van der Waals surface area contributed by atoms with Gasteiger partial charge in [0.15, 0.2) is 5.65 Å². The molecule has 0 unspecified atom stereocenters. The number of thiophene rings is 1. The van der Waals surface area contributed by atoms with E-state index in [9.17, 15) is 14.4 Å². The van der Waals surface area contributed by atoms with Gasteiger partial charge in [0.1, 0.15) is 11.6 Å². The summed E-state index contributed by atoms with van der Waals surface area (Å²) in [5.41, 5.74) is 1.02. The summed E-state index contributed by atoms with van der Waals surface area (Å²) >= 11 is 1.15. The van der Waals surface area contributed by atoms with Crippen molar-refractivity contribution in [1.82, 2.24) is 19.9 Å². The lowest BCUT2D eigenvalue weighted by molar-refractivity contribution is 0.0930. The molecule has 3 heterocycles. The molecule has 0 bridgehead atoms. The van der Waals surface area contributed by atoms with Crippen LogP contribution < -0.4 is 10.6 Å². The van der Waals surface area contributed by atoms with Crippen LogP contribution in [0.1, 0.15) is 20.7 Å². The lowest BCUT2D eigenvalue weighted by atomic mass is 10.2. The molecule has 0 saturated heterocycles. The van der Waals surface area contributed by atoms with E-state index < -0.39 is 17.9 Å². The van der Waals surface area contributed by atoms with E-state index in [1.165, 1.54) is 29.1 Å². The summed E-state index contributed by atoms with van der Waals surface area (Å²) in [7, 11) is 0. The molecule has 0 aliphatic carbocycles. The monoisotopic (exact) mass is 371 g/mol. The Bertz CT molecular complexity index is 993. The van der Waals surface area contributed by atoms with E-state index in [4.69, 9.17) is 4.74 Å². The van der Waals surface area contributed by atoms with Gasteiger partial charge in [-0.1, -0.05) is 12.7 Å². The number of imide groups is 1. The first kappa shape index (κ1) is 17.3. The summed E-state index contributed by atoms with van der Waals surface area (Å²) < 4.78 is 6.16. The average molecular weight is 371 g/mol. The van der Waals surface area contributed by atoms with E-state index in [0.717, 1.165) is 11.3 Å². The quantitative estimate of drug-likeness (QED) is 0.664. The number of ether oxygens (including phenoxy) is 1. The number of carbonyl (C=O) groups is 3. The summed E-state index contributed by atoms with van der Waals surface area (Å²) in [5, 5.41) is 10.6. The average Bonchev–Trinajstić information content (AvgIpc) is 3.28. The zero-order chi connectivity index (χ0) is 18.5. The predicted molar refractivity (Wildman–Crippen MR) is 94.3 cm³/mol. The van der Waals surface area contributed by atoms with Crippen LogP contribution in [0.3, 0.4) is 0 Å². The van der Waals surface area contributed by atoms with Crippen LogP contribution in [0.2, 0.25) is 0 Å². The summed E-state index contributed by atoms with van der Waals surface area (Å²) in [6, 6.07) is 3.19. The molecule has 10 heteroatoms. The van der Waals surface area contributed by atoms with E-state index >= 15 is 0 Å². The summed E-state index contributed by atoms with van der Waals surface area (Å²) in [6.45, 7) is 3.39. The summed E-state index contributed by atoms with van der Waals surface area (Å²) in [4.78, 5) is 40.1. The first-order valence-electron chi connectivity index (χ1n) is 7.35.